The number of carbonyl (C=O) groups excluding carboxylic acids is 1. The van der Waals surface area contributed by atoms with Crippen molar-refractivity contribution in [2.75, 3.05) is 6.54 Å². The van der Waals surface area contributed by atoms with Crippen LogP contribution in [0.3, 0.4) is 0 Å². The molecule has 1 amide bonds. The van der Waals surface area contributed by atoms with Crippen LogP contribution in [0, 0.1) is 5.92 Å². The van der Waals surface area contributed by atoms with Crippen molar-refractivity contribution in [1.29, 1.82) is 0 Å². The Kier molecular flexibility index (Phi) is 4.53. The molecule has 21 heavy (non-hydrogen) atoms. The largest absolute Gasteiger partial charge is 0.490 e. The van der Waals surface area contributed by atoms with Crippen molar-refractivity contribution < 1.29 is 17.9 Å². The normalized spacial score (nSPS) is 15.0. The van der Waals surface area contributed by atoms with Gasteiger partial charge in [0.15, 0.2) is 0 Å². The van der Waals surface area contributed by atoms with Crippen molar-refractivity contribution in [3.8, 4) is 5.75 Å². The highest BCUT2D eigenvalue weighted by Crippen LogP contribution is 2.28. The minimum absolute atomic E-state index is 0.159. The van der Waals surface area contributed by atoms with Gasteiger partial charge in [-0.1, -0.05) is 0 Å². The van der Waals surface area contributed by atoms with Gasteiger partial charge in [0.2, 0.25) is 10.0 Å². The van der Waals surface area contributed by atoms with Crippen molar-refractivity contribution in [1.82, 2.24) is 5.32 Å². The molecular weight excluding hydrogens is 292 g/mol. The summed E-state index contributed by atoms with van der Waals surface area (Å²) in [7, 11) is -3.96. The van der Waals surface area contributed by atoms with Gasteiger partial charge in [0, 0.05) is 12.1 Å². The number of benzene rings is 1. The third-order valence-electron chi connectivity index (χ3n) is 3.12. The summed E-state index contributed by atoms with van der Waals surface area (Å²) in [5, 5.41) is 7.98. The van der Waals surface area contributed by atoms with Gasteiger partial charge in [0.25, 0.3) is 5.91 Å². The Labute approximate surface area is 124 Å². The van der Waals surface area contributed by atoms with E-state index in [4.69, 9.17) is 9.88 Å². The van der Waals surface area contributed by atoms with E-state index in [1.165, 1.54) is 18.2 Å². The van der Waals surface area contributed by atoms with E-state index in [9.17, 15) is 13.2 Å². The molecule has 0 heterocycles. The summed E-state index contributed by atoms with van der Waals surface area (Å²) in [5.41, 5.74) is 0.260. The van der Waals surface area contributed by atoms with Gasteiger partial charge in [-0.25, -0.2) is 13.6 Å². The molecule has 0 aliphatic heterocycles. The Morgan fingerprint density at radius 3 is 2.62 bits per heavy atom. The second kappa shape index (κ2) is 6.03. The lowest BCUT2D eigenvalue weighted by Crippen LogP contribution is -2.26. The van der Waals surface area contributed by atoms with Gasteiger partial charge in [-0.2, -0.15) is 0 Å². The molecule has 0 unspecified atom stereocenters. The SMILES string of the molecule is CC(C)Oc1ccc(C(=O)NCC2CC2)cc1S(N)(=O)=O. The van der Waals surface area contributed by atoms with Crippen LogP contribution in [0.1, 0.15) is 37.0 Å². The van der Waals surface area contributed by atoms with Gasteiger partial charge in [0.05, 0.1) is 6.10 Å². The van der Waals surface area contributed by atoms with Gasteiger partial charge in [-0.15, -0.1) is 0 Å². The highest BCUT2D eigenvalue weighted by molar-refractivity contribution is 7.89. The van der Waals surface area contributed by atoms with Crippen LogP contribution in [0.5, 0.6) is 5.75 Å². The first-order chi connectivity index (χ1) is 9.77. The minimum Gasteiger partial charge on any atom is -0.490 e. The number of carbonyl (C=O) groups is 1. The fourth-order valence-corrected chi connectivity index (χ4v) is 2.57. The van der Waals surface area contributed by atoms with Gasteiger partial charge < -0.3 is 10.1 Å². The van der Waals surface area contributed by atoms with E-state index in [-0.39, 0.29) is 28.2 Å². The topological polar surface area (TPSA) is 98.5 Å². The van der Waals surface area contributed by atoms with Crippen LogP contribution in [-0.4, -0.2) is 27.0 Å². The Bertz CT molecular complexity index is 636. The fourth-order valence-electron chi connectivity index (χ4n) is 1.88. The molecule has 1 aromatic rings. The van der Waals surface area contributed by atoms with Crippen molar-refractivity contribution in [2.24, 2.45) is 11.1 Å². The number of sulfonamides is 1. The van der Waals surface area contributed by atoms with Crippen LogP contribution in [-0.2, 0) is 10.0 Å². The van der Waals surface area contributed by atoms with Gasteiger partial charge in [0.1, 0.15) is 10.6 Å². The zero-order chi connectivity index (χ0) is 15.6. The Balaban J connectivity index is 2.25. The van der Waals surface area contributed by atoms with E-state index < -0.39 is 10.0 Å². The third kappa shape index (κ3) is 4.44. The third-order valence-corrected chi connectivity index (χ3v) is 4.06. The van der Waals surface area contributed by atoms with Crippen LogP contribution in [0.15, 0.2) is 23.1 Å². The molecule has 0 atom stereocenters. The summed E-state index contributed by atoms with van der Waals surface area (Å²) in [6, 6.07) is 4.26. The lowest BCUT2D eigenvalue weighted by molar-refractivity contribution is 0.0951. The van der Waals surface area contributed by atoms with Crippen molar-refractivity contribution >= 4 is 15.9 Å². The number of ether oxygens (including phenoxy) is 1. The van der Waals surface area contributed by atoms with Crippen molar-refractivity contribution in [3.63, 3.8) is 0 Å². The fraction of sp³-hybridized carbons (Fsp3) is 0.500. The van der Waals surface area contributed by atoms with Crippen LogP contribution >= 0.6 is 0 Å². The predicted molar refractivity (Wildman–Crippen MR) is 78.6 cm³/mol. The summed E-state index contributed by atoms with van der Waals surface area (Å²) in [4.78, 5) is 11.8. The summed E-state index contributed by atoms with van der Waals surface area (Å²) >= 11 is 0. The second-order valence-electron chi connectivity index (χ2n) is 5.53. The molecule has 1 aliphatic carbocycles. The molecule has 0 radical (unpaired) electrons. The number of amides is 1. The van der Waals surface area contributed by atoms with Gasteiger partial charge >= 0.3 is 0 Å². The first-order valence-electron chi connectivity index (χ1n) is 6.89. The zero-order valence-electron chi connectivity index (χ0n) is 12.1. The van der Waals surface area contributed by atoms with E-state index in [0.717, 1.165) is 12.8 Å². The molecule has 0 aromatic heterocycles. The minimum atomic E-state index is -3.96. The Hall–Kier alpha value is -1.60. The van der Waals surface area contributed by atoms with Gasteiger partial charge in [-0.3, -0.25) is 4.79 Å². The van der Waals surface area contributed by atoms with E-state index in [2.05, 4.69) is 5.32 Å². The standard InChI is InChI=1S/C14H20N2O4S/c1-9(2)20-12-6-5-11(7-13(12)21(15,18)19)14(17)16-8-10-3-4-10/h5-7,9-10H,3-4,8H2,1-2H3,(H,16,17)(H2,15,18,19). The molecule has 6 nitrogen and oxygen atoms in total. The lowest BCUT2D eigenvalue weighted by Gasteiger charge is -2.14. The summed E-state index contributed by atoms with van der Waals surface area (Å²) in [6.07, 6.45) is 2.06. The predicted octanol–water partition coefficient (Wildman–Crippen LogP) is 1.26. The summed E-state index contributed by atoms with van der Waals surface area (Å²) in [5.74, 6) is 0.407. The summed E-state index contributed by atoms with van der Waals surface area (Å²) < 4.78 is 28.7. The average molecular weight is 312 g/mol. The maximum Gasteiger partial charge on any atom is 0.251 e. The quantitative estimate of drug-likeness (QED) is 0.826. The van der Waals surface area contributed by atoms with E-state index in [1.807, 2.05) is 0 Å². The van der Waals surface area contributed by atoms with Gasteiger partial charge in [-0.05, 0) is 50.8 Å². The second-order valence-corrected chi connectivity index (χ2v) is 7.06. The number of nitrogens with one attached hydrogen (secondary N) is 1. The number of primary sulfonamides is 1. The van der Waals surface area contributed by atoms with Crippen LogP contribution in [0.25, 0.3) is 0 Å². The first-order valence-corrected chi connectivity index (χ1v) is 8.43. The summed E-state index contributed by atoms with van der Waals surface area (Å²) in [6.45, 7) is 4.18. The van der Waals surface area contributed by atoms with Crippen LogP contribution in [0.2, 0.25) is 0 Å². The molecular formula is C14H20N2O4S. The lowest BCUT2D eigenvalue weighted by atomic mass is 10.2. The molecule has 0 bridgehead atoms. The Morgan fingerprint density at radius 1 is 1.43 bits per heavy atom. The maximum absolute atomic E-state index is 12.0. The maximum atomic E-state index is 12.0. The molecule has 0 saturated heterocycles. The molecule has 1 aromatic carbocycles. The molecule has 7 heteroatoms. The highest BCUT2D eigenvalue weighted by Gasteiger charge is 2.23. The smallest absolute Gasteiger partial charge is 0.251 e. The van der Waals surface area contributed by atoms with Crippen LogP contribution < -0.4 is 15.2 Å². The monoisotopic (exact) mass is 312 g/mol. The van der Waals surface area contributed by atoms with E-state index >= 15 is 0 Å². The average Bonchev–Trinajstić information content (AvgIpc) is 3.18. The Morgan fingerprint density at radius 2 is 2.10 bits per heavy atom. The number of hydrogen-bond acceptors (Lipinski definition) is 4. The molecule has 2 rings (SSSR count). The van der Waals surface area contributed by atoms with E-state index in [1.54, 1.807) is 13.8 Å². The molecule has 1 saturated carbocycles. The van der Waals surface area contributed by atoms with Crippen LogP contribution in [0.4, 0.5) is 0 Å². The molecule has 1 aliphatic rings. The van der Waals surface area contributed by atoms with E-state index in [0.29, 0.717) is 12.5 Å². The van der Waals surface area contributed by atoms with Crippen molar-refractivity contribution in [3.05, 3.63) is 23.8 Å². The number of rotatable bonds is 6. The number of nitrogens with two attached hydrogens (primary N) is 1. The zero-order valence-corrected chi connectivity index (χ0v) is 12.9. The highest BCUT2D eigenvalue weighted by atomic mass is 32.2. The van der Waals surface area contributed by atoms with Crippen molar-refractivity contribution in [2.45, 2.75) is 37.7 Å². The molecule has 116 valence electrons. The molecule has 1 fully saturated rings. The molecule has 0 spiro atoms. The molecule has 3 N–H and O–H groups in total. The first kappa shape index (κ1) is 15.8. The number of hydrogen-bond donors (Lipinski definition) is 2.